The molecule has 1 unspecified atom stereocenters. The van der Waals surface area contributed by atoms with Crippen molar-refractivity contribution in [1.29, 1.82) is 0 Å². The Morgan fingerprint density at radius 1 is 1.58 bits per heavy atom. The van der Waals surface area contributed by atoms with Crippen LogP contribution in [0.3, 0.4) is 0 Å². The molecule has 1 aromatic carbocycles. The molecule has 1 N–H and O–H groups in total. The number of hydrogen-bond donors (Lipinski definition) is 1. The van der Waals surface area contributed by atoms with Gasteiger partial charge in [-0.25, -0.2) is 4.79 Å². The number of hydrogen-bond acceptors (Lipinski definition) is 4. The zero-order valence-corrected chi connectivity index (χ0v) is 14.1. The average molecular weight is 367 g/mol. The van der Waals surface area contributed by atoms with Crippen molar-refractivity contribution in [2.24, 2.45) is 0 Å². The Hall–Kier alpha value is -0.390. The van der Waals surface area contributed by atoms with Gasteiger partial charge in [0.25, 0.3) is 0 Å². The first kappa shape index (κ1) is 16.7. The van der Waals surface area contributed by atoms with E-state index in [4.69, 9.17) is 16.3 Å². The molecule has 6 heteroatoms. The minimum absolute atomic E-state index is 0.243. The highest BCUT2D eigenvalue weighted by Crippen LogP contribution is 2.26. The monoisotopic (exact) mass is 365 g/mol. The van der Waals surface area contributed by atoms with Crippen molar-refractivity contribution >= 4 is 50.9 Å². The van der Waals surface area contributed by atoms with E-state index in [1.807, 2.05) is 12.1 Å². The highest BCUT2D eigenvalue weighted by molar-refractivity contribution is 9.10. The van der Waals surface area contributed by atoms with Crippen LogP contribution >= 0.6 is 39.3 Å². The Labute approximate surface area is 131 Å². The summed E-state index contributed by atoms with van der Waals surface area (Å²) in [6.45, 7) is 0. The molecule has 0 aliphatic rings. The Bertz CT molecular complexity index is 431. The second-order valence-corrected chi connectivity index (χ2v) is 6.23. The number of nitrogens with one attached hydrogen (secondary N) is 1. The predicted molar refractivity (Wildman–Crippen MR) is 86.2 cm³/mol. The van der Waals surface area contributed by atoms with Gasteiger partial charge in [-0.1, -0.05) is 11.6 Å². The van der Waals surface area contributed by atoms with E-state index in [1.54, 1.807) is 17.8 Å². The molecular formula is C13H17BrClNO2S. The van der Waals surface area contributed by atoms with Gasteiger partial charge in [-0.15, -0.1) is 0 Å². The normalized spacial score (nSPS) is 12.0. The highest BCUT2D eigenvalue weighted by Gasteiger charge is 2.18. The summed E-state index contributed by atoms with van der Waals surface area (Å²) in [4.78, 5) is 11.7. The number of halogens is 2. The van der Waals surface area contributed by atoms with Gasteiger partial charge in [-0.2, -0.15) is 11.8 Å². The van der Waals surface area contributed by atoms with Crippen LogP contribution < -0.4 is 5.32 Å². The zero-order chi connectivity index (χ0) is 14.3. The first-order valence-electron chi connectivity index (χ1n) is 5.87. The molecule has 0 aliphatic heterocycles. The molecule has 1 aromatic rings. The van der Waals surface area contributed by atoms with Crippen molar-refractivity contribution in [2.75, 3.05) is 24.4 Å². The minimum Gasteiger partial charge on any atom is -0.467 e. The number of carbonyl (C=O) groups excluding carboxylic acids is 1. The minimum atomic E-state index is -0.328. The number of ether oxygens (including phenoxy) is 1. The van der Waals surface area contributed by atoms with Crippen molar-refractivity contribution in [3.63, 3.8) is 0 Å². The van der Waals surface area contributed by atoms with E-state index in [0.29, 0.717) is 5.02 Å². The van der Waals surface area contributed by atoms with Crippen molar-refractivity contribution < 1.29 is 9.53 Å². The van der Waals surface area contributed by atoms with Gasteiger partial charge in [0.15, 0.2) is 0 Å². The average Bonchev–Trinajstić information content (AvgIpc) is 2.41. The molecule has 3 nitrogen and oxygen atoms in total. The Balaban J connectivity index is 2.69. The molecule has 0 aliphatic carbocycles. The van der Waals surface area contributed by atoms with Gasteiger partial charge >= 0.3 is 5.97 Å². The SMILES string of the molecule is COC(=O)C(CCCSC)Nc1ccc(Cl)c(Br)c1. The first-order chi connectivity index (χ1) is 9.08. The number of rotatable bonds is 7. The number of carbonyl (C=O) groups is 1. The molecule has 0 aromatic heterocycles. The lowest BCUT2D eigenvalue weighted by Crippen LogP contribution is -2.30. The number of methoxy groups -OCH3 is 1. The third-order valence-electron chi connectivity index (χ3n) is 2.59. The quantitative estimate of drug-likeness (QED) is 0.580. The molecule has 1 atom stereocenters. The molecule has 106 valence electrons. The van der Waals surface area contributed by atoms with Crippen molar-refractivity contribution in [1.82, 2.24) is 0 Å². The second kappa shape index (κ2) is 8.72. The Morgan fingerprint density at radius 3 is 2.89 bits per heavy atom. The van der Waals surface area contributed by atoms with Gasteiger partial charge in [0, 0.05) is 10.2 Å². The van der Waals surface area contributed by atoms with Gasteiger partial charge in [-0.3, -0.25) is 0 Å². The summed E-state index contributed by atoms with van der Waals surface area (Å²) < 4.78 is 5.62. The van der Waals surface area contributed by atoms with Crippen LogP contribution in [0, 0.1) is 0 Å². The summed E-state index contributed by atoms with van der Waals surface area (Å²) >= 11 is 11.1. The highest BCUT2D eigenvalue weighted by atomic mass is 79.9. The summed E-state index contributed by atoms with van der Waals surface area (Å²) in [5.74, 6) is 0.784. The Kier molecular flexibility index (Phi) is 7.64. The molecule has 0 heterocycles. The van der Waals surface area contributed by atoms with Crippen LogP contribution in [0.15, 0.2) is 22.7 Å². The van der Waals surface area contributed by atoms with E-state index in [-0.39, 0.29) is 12.0 Å². The Morgan fingerprint density at radius 2 is 2.32 bits per heavy atom. The van der Waals surface area contributed by atoms with Crippen molar-refractivity contribution in [3.05, 3.63) is 27.7 Å². The summed E-state index contributed by atoms with van der Waals surface area (Å²) in [5.41, 5.74) is 0.843. The number of benzene rings is 1. The smallest absolute Gasteiger partial charge is 0.328 e. The van der Waals surface area contributed by atoms with Crippen LogP contribution in [0.2, 0.25) is 5.02 Å². The molecule has 1 rings (SSSR count). The van der Waals surface area contributed by atoms with Crippen LogP contribution in [0.4, 0.5) is 5.69 Å². The zero-order valence-electron chi connectivity index (χ0n) is 10.9. The largest absolute Gasteiger partial charge is 0.467 e. The molecule has 0 bridgehead atoms. The van der Waals surface area contributed by atoms with E-state index >= 15 is 0 Å². The van der Waals surface area contributed by atoms with Crippen LogP contribution in [0.25, 0.3) is 0 Å². The number of thioether (sulfide) groups is 1. The fourth-order valence-corrected chi connectivity index (χ4v) is 2.56. The maximum absolute atomic E-state index is 11.7. The molecule has 0 spiro atoms. The summed E-state index contributed by atoms with van der Waals surface area (Å²) in [5, 5.41) is 3.83. The van der Waals surface area contributed by atoms with E-state index in [9.17, 15) is 4.79 Å². The molecule has 0 amide bonds. The van der Waals surface area contributed by atoms with Gasteiger partial charge in [-0.05, 0) is 59.0 Å². The summed E-state index contributed by atoms with van der Waals surface area (Å²) in [7, 11) is 1.41. The molecular weight excluding hydrogens is 350 g/mol. The lowest BCUT2D eigenvalue weighted by atomic mass is 10.1. The fourth-order valence-electron chi connectivity index (χ4n) is 1.61. The second-order valence-electron chi connectivity index (χ2n) is 3.98. The lowest BCUT2D eigenvalue weighted by Gasteiger charge is -2.17. The number of anilines is 1. The van der Waals surface area contributed by atoms with E-state index < -0.39 is 0 Å². The topological polar surface area (TPSA) is 38.3 Å². The van der Waals surface area contributed by atoms with Crippen LogP contribution in [0.5, 0.6) is 0 Å². The van der Waals surface area contributed by atoms with Gasteiger partial charge in [0.1, 0.15) is 6.04 Å². The van der Waals surface area contributed by atoms with E-state index in [1.165, 1.54) is 7.11 Å². The third-order valence-corrected chi connectivity index (χ3v) is 4.50. The lowest BCUT2D eigenvalue weighted by molar-refractivity contribution is -0.141. The van der Waals surface area contributed by atoms with Gasteiger partial charge < -0.3 is 10.1 Å². The molecule has 0 fully saturated rings. The van der Waals surface area contributed by atoms with Crippen LogP contribution in [-0.2, 0) is 9.53 Å². The molecule has 0 saturated carbocycles. The third kappa shape index (κ3) is 5.63. The van der Waals surface area contributed by atoms with Crippen molar-refractivity contribution in [2.45, 2.75) is 18.9 Å². The standard InChI is InChI=1S/C13H17BrClNO2S/c1-18-13(17)12(4-3-7-19-2)16-9-5-6-11(15)10(14)8-9/h5-6,8,12,16H,3-4,7H2,1-2H3. The van der Waals surface area contributed by atoms with Crippen LogP contribution in [0.1, 0.15) is 12.8 Å². The predicted octanol–water partition coefficient (Wildman–Crippen LogP) is 4.20. The maximum atomic E-state index is 11.7. The maximum Gasteiger partial charge on any atom is 0.328 e. The molecule has 0 saturated heterocycles. The molecule has 19 heavy (non-hydrogen) atoms. The van der Waals surface area contributed by atoms with E-state index in [0.717, 1.165) is 28.8 Å². The summed E-state index contributed by atoms with van der Waals surface area (Å²) in [6, 6.07) is 5.15. The van der Waals surface area contributed by atoms with Gasteiger partial charge in [0.2, 0.25) is 0 Å². The summed E-state index contributed by atoms with van der Waals surface area (Å²) in [6.07, 6.45) is 3.76. The van der Waals surface area contributed by atoms with Crippen LogP contribution in [-0.4, -0.2) is 31.1 Å². The first-order valence-corrected chi connectivity index (χ1v) is 8.43. The fraction of sp³-hybridized carbons (Fsp3) is 0.462. The van der Waals surface area contributed by atoms with Gasteiger partial charge in [0.05, 0.1) is 12.1 Å². The van der Waals surface area contributed by atoms with Crippen molar-refractivity contribution in [3.8, 4) is 0 Å². The number of esters is 1. The molecule has 0 radical (unpaired) electrons. The van der Waals surface area contributed by atoms with E-state index in [2.05, 4.69) is 27.5 Å².